The summed E-state index contributed by atoms with van der Waals surface area (Å²) in [5.74, 6) is 0.404. The van der Waals surface area contributed by atoms with Gasteiger partial charge in [0.15, 0.2) is 0 Å². The molecule has 2 atom stereocenters. The van der Waals surface area contributed by atoms with Crippen molar-refractivity contribution < 1.29 is 14.3 Å². The van der Waals surface area contributed by atoms with Crippen LogP contribution in [-0.4, -0.2) is 42.8 Å². The van der Waals surface area contributed by atoms with Gasteiger partial charge in [-0.05, 0) is 43.0 Å². The fourth-order valence-corrected chi connectivity index (χ4v) is 4.45. The first-order valence-electron chi connectivity index (χ1n) is 8.77. The maximum absolute atomic E-state index is 12.8. The summed E-state index contributed by atoms with van der Waals surface area (Å²) in [6.07, 6.45) is 0.633. The molecule has 26 heavy (non-hydrogen) atoms. The van der Waals surface area contributed by atoms with Gasteiger partial charge in [-0.2, -0.15) is 0 Å². The molecule has 3 heterocycles. The molecule has 2 fully saturated rings. The van der Waals surface area contributed by atoms with E-state index in [0.717, 1.165) is 18.7 Å². The number of urea groups is 1. The molecule has 1 aromatic carbocycles. The van der Waals surface area contributed by atoms with Crippen LogP contribution in [0.5, 0.6) is 0 Å². The third-order valence-corrected chi connectivity index (χ3v) is 5.99. The van der Waals surface area contributed by atoms with Crippen molar-refractivity contribution in [3.05, 3.63) is 46.7 Å². The van der Waals surface area contributed by atoms with Gasteiger partial charge < -0.3 is 15.0 Å². The van der Waals surface area contributed by atoms with Crippen LogP contribution in [0.1, 0.15) is 24.1 Å². The Bertz CT molecular complexity index is 808. The minimum atomic E-state index is -0.347. The molecule has 4 rings (SSSR count). The lowest BCUT2D eigenvalue weighted by Gasteiger charge is -2.22. The van der Waals surface area contributed by atoms with Gasteiger partial charge in [-0.1, -0.05) is 12.1 Å². The Morgan fingerprint density at radius 1 is 1.31 bits per heavy atom. The second-order valence-electron chi connectivity index (χ2n) is 6.70. The Labute approximate surface area is 156 Å². The summed E-state index contributed by atoms with van der Waals surface area (Å²) in [6.45, 7) is 3.74. The fraction of sp³-hybridized carbons (Fsp3) is 0.368. The molecule has 2 unspecified atom stereocenters. The van der Waals surface area contributed by atoms with E-state index in [1.165, 1.54) is 4.88 Å². The lowest BCUT2D eigenvalue weighted by atomic mass is 10.1. The van der Waals surface area contributed by atoms with E-state index in [-0.39, 0.29) is 18.2 Å². The van der Waals surface area contributed by atoms with E-state index in [2.05, 4.69) is 29.8 Å². The van der Waals surface area contributed by atoms with Gasteiger partial charge in [0, 0.05) is 34.8 Å². The van der Waals surface area contributed by atoms with Gasteiger partial charge in [-0.25, -0.2) is 9.59 Å². The van der Waals surface area contributed by atoms with E-state index < -0.39 is 0 Å². The van der Waals surface area contributed by atoms with E-state index in [0.29, 0.717) is 24.8 Å². The number of ether oxygens (including phenoxy) is 1. The number of benzene rings is 1. The van der Waals surface area contributed by atoms with Crippen LogP contribution in [0.4, 0.5) is 21.0 Å². The van der Waals surface area contributed by atoms with Crippen molar-refractivity contribution in [1.29, 1.82) is 0 Å². The largest absolute Gasteiger partial charge is 0.447 e. The van der Waals surface area contributed by atoms with Crippen LogP contribution in [0.3, 0.4) is 0 Å². The Kier molecular flexibility index (Phi) is 4.55. The van der Waals surface area contributed by atoms with Crippen LogP contribution in [-0.2, 0) is 4.74 Å². The van der Waals surface area contributed by atoms with E-state index in [1.807, 2.05) is 29.2 Å². The van der Waals surface area contributed by atoms with Gasteiger partial charge in [-0.15, -0.1) is 11.3 Å². The first-order valence-corrected chi connectivity index (χ1v) is 9.65. The SMILES string of the molecule is CC1CC(c2cccs2)CN1C(=O)Nc1cccc(N2CCOC2=O)c1. The first kappa shape index (κ1) is 16.9. The number of amides is 3. The van der Waals surface area contributed by atoms with Gasteiger partial charge >= 0.3 is 12.1 Å². The van der Waals surface area contributed by atoms with Gasteiger partial charge in [0.25, 0.3) is 0 Å². The van der Waals surface area contributed by atoms with Crippen molar-refractivity contribution in [1.82, 2.24) is 4.90 Å². The topological polar surface area (TPSA) is 61.9 Å². The zero-order chi connectivity index (χ0) is 18.1. The van der Waals surface area contributed by atoms with Crippen molar-refractivity contribution in [2.24, 2.45) is 0 Å². The molecule has 136 valence electrons. The highest BCUT2D eigenvalue weighted by molar-refractivity contribution is 7.10. The number of hydrogen-bond donors (Lipinski definition) is 1. The Morgan fingerprint density at radius 2 is 2.19 bits per heavy atom. The summed E-state index contributed by atoms with van der Waals surface area (Å²) >= 11 is 1.75. The summed E-state index contributed by atoms with van der Waals surface area (Å²) in [4.78, 5) is 29.3. The van der Waals surface area contributed by atoms with Crippen molar-refractivity contribution >= 4 is 34.8 Å². The van der Waals surface area contributed by atoms with Crippen molar-refractivity contribution in [3.63, 3.8) is 0 Å². The van der Waals surface area contributed by atoms with Gasteiger partial charge in [0.2, 0.25) is 0 Å². The van der Waals surface area contributed by atoms with Crippen LogP contribution in [0, 0.1) is 0 Å². The number of cyclic esters (lactones) is 1. The molecule has 3 amide bonds. The Hall–Kier alpha value is -2.54. The lowest BCUT2D eigenvalue weighted by Crippen LogP contribution is -2.37. The summed E-state index contributed by atoms with van der Waals surface area (Å²) in [7, 11) is 0. The van der Waals surface area contributed by atoms with E-state index in [1.54, 1.807) is 16.2 Å². The fourth-order valence-electron chi connectivity index (χ4n) is 3.62. The molecule has 2 aliphatic rings. The number of hydrogen-bond acceptors (Lipinski definition) is 4. The minimum absolute atomic E-state index is 0.0993. The molecule has 2 aliphatic heterocycles. The molecule has 0 radical (unpaired) electrons. The van der Waals surface area contributed by atoms with E-state index in [4.69, 9.17) is 4.74 Å². The Balaban J connectivity index is 1.44. The van der Waals surface area contributed by atoms with Gasteiger partial charge in [0.05, 0.1) is 6.54 Å². The molecule has 6 nitrogen and oxygen atoms in total. The Morgan fingerprint density at radius 3 is 2.92 bits per heavy atom. The molecule has 2 aromatic rings. The smallest absolute Gasteiger partial charge is 0.414 e. The number of carbonyl (C=O) groups excluding carboxylic acids is 2. The number of nitrogens with zero attached hydrogens (tertiary/aromatic N) is 2. The van der Waals surface area contributed by atoms with Gasteiger partial charge in [-0.3, -0.25) is 4.90 Å². The van der Waals surface area contributed by atoms with Gasteiger partial charge in [0.1, 0.15) is 6.61 Å². The molecule has 0 spiro atoms. The average Bonchev–Trinajstić information content (AvgIpc) is 3.35. The molecule has 7 heteroatoms. The second-order valence-corrected chi connectivity index (χ2v) is 7.68. The molecule has 1 aromatic heterocycles. The maximum Gasteiger partial charge on any atom is 0.414 e. The van der Waals surface area contributed by atoms with E-state index >= 15 is 0 Å². The molecule has 2 saturated heterocycles. The molecule has 0 saturated carbocycles. The normalized spacial score (nSPS) is 22.6. The highest BCUT2D eigenvalue weighted by Gasteiger charge is 2.33. The van der Waals surface area contributed by atoms with Crippen molar-refractivity contribution in [3.8, 4) is 0 Å². The summed E-state index contributed by atoms with van der Waals surface area (Å²) in [6, 6.07) is 11.6. The third-order valence-electron chi connectivity index (χ3n) is 4.95. The molecular formula is C19H21N3O3S. The number of thiophene rings is 1. The monoisotopic (exact) mass is 371 g/mol. The number of nitrogens with one attached hydrogen (secondary N) is 1. The average molecular weight is 371 g/mol. The molecule has 0 aliphatic carbocycles. The number of rotatable bonds is 3. The zero-order valence-corrected chi connectivity index (χ0v) is 15.4. The lowest BCUT2D eigenvalue weighted by molar-refractivity contribution is 0.181. The first-order chi connectivity index (χ1) is 12.6. The van der Waals surface area contributed by atoms with Crippen molar-refractivity contribution in [2.45, 2.75) is 25.3 Å². The zero-order valence-electron chi connectivity index (χ0n) is 14.6. The number of likely N-dealkylation sites (tertiary alicyclic amines) is 1. The molecule has 0 bridgehead atoms. The number of carbonyl (C=O) groups is 2. The highest BCUT2D eigenvalue weighted by Crippen LogP contribution is 2.34. The molecular weight excluding hydrogens is 350 g/mol. The predicted octanol–water partition coefficient (Wildman–Crippen LogP) is 4.11. The van der Waals surface area contributed by atoms with Crippen LogP contribution < -0.4 is 10.2 Å². The van der Waals surface area contributed by atoms with Crippen LogP contribution in [0.2, 0.25) is 0 Å². The van der Waals surface area contributed by atoms with Crippen molar-refractivity contribution in [2.75, 3.05) is 29.9 Å². The second kappa shape index (κ2) is 6.99. The highest BCUT2D eigenvalue weighted by atomic mass is 32.1. The predicted molar refractivity (Wildman–Crippen MR) is 102 cm³/mol. The maximum atomic E-state index is 12.8. The summed E-state index contributed by atoms with van der Waals surface area (Å²) in [5, 5.41) is 5.05. The standard InChI is InChI=1S/C19H21N3O3S/c1-13-10-14(17-6-3-9-26-17)12-22(13)18(23)20-15-4-2-5-16(11-15)21-7-8-25-19(21)24/h2-6,9,11,13-14H,7-8,10,12H2,1H3,(H,20,23). The van der Waals surface area contributed by atoms with E-state index in [9.17, 15) is 9.59 Å². The summed E-state index contributed by atoms with van der Waals surface area (Å²) in [5.41, 5.74) is 1.41. The quantitative estimate of drug-likeness (QED) is 0.883. The summed E-state index contributed by atoms with van der Waals surface area (Å²) < 4.78 is 4.98. The molecule has 1 N–H and O–H groups in total. The van der Waals surface area contributed by atoms with Crippen LogP contribution in [0.15, 0.2) is 41.8 Å². The minimum Gasteiger partial charge on any atom is -0.447 e. The third kappa shape index (κ3) is 3.26. The van der Waals surface area contributed by atoms with Crippen LogP contribution >= 0.6 is 11.3 Å². The number of anilines is 2. The van der Waals surface area contributed by atoms with Crippen LogP contribution in [0.25, 0.3) is 0 Å².